The van der Waals surface area contributed by atoms with Crippen LogP contribution in [0.4, 0.5) is 5.69 Å². The summed E-state index contributed by atoms with van der Waals surface area (Å²) in [5.74, 6) is -0.273. The molecule has 2 amide bonds. The minimum absolute atomic E-state index is 0.0768. The van der Waals surface area contributed by atoms with Crippen molar-refractivity contribution in [3.63, 3.8) is 0 Å². The van der Waals surface area contributed by atoms with Gasteiger partial charge in [-0.3, -0.25) is 9.59 Å². The Labute approximate surface area is 186 Å². The molecule has 0 saturated carbocycles. The summed E-state index contributed by atoms with van der Waals surface area (Å²) in [6.45, 7) is 0. The van der Waals surface area contributed by atoms with Gasteiger partial charge in [0, 0.05) is 5.69 Å². The molecule has 3 rings (SSSR count). The van der Waals surface area contributed by atoms with E-state index in [9.17, 15) is 9.59 Å². The van der Waals surface area contributed by atoms with E-state index in [4.69, 9.17) is 16.3 Å². The van der Waals surface area contributed by atoms with Crippen molar-refractivity contribution >= 4 is 35.2 Å². The van der Waals surface area contributed by atoms with Gasteiger partial charge < -0.3 is 15.4 Å². The van der Waals surface area contributed by atoms with Crippen molar-refractivity contribution in [2.24, 2.45) is 0 Å². The van der Waals surface area contributed by atoms with E-state index in [1.807, 2.05) is 36.4 Å². The summed E-state index contributed by atoms with van der Waals surface area (Å²) in [4.78, 5) is 25.6. The van der Waals surface area contributed by atoms with Crippen LogP contribution in [0.25, 0.3) is 6.08 Å². The molecule has 156 valence electrons. The number of carbonyl (C=O) groups is 2. The highest BCUT2D eigenvalue weighted by atomic mass is 35.5. The number of nitrogens with one attached hydrogen (secondary N) is 2. The van der Waals surface area contributed by atoms with Crippen LogP contribution in [0.1, 0.15) is 15.9 Å². The fourth-order valence-corrected chi connectivity index (χ4v) is 2.92. The number of hydrogen-bond acceptors (Lipinski definition) is 3. The minimum Gasteiger partial charge on any atom is -0.497 e. The van der Waals surface area contributed by atoms with Crippen LogP contribution in [0, 0.1) is 0 Å². The second-order valence-corrected chi connectivity index (χ2v) is 6.87. The maximum atomic E-state index is 12.9. The van der Waals surface area contributed by atoms with Crippen LogP contribution in [0.5, 0.6) is 5.75 Å². The Balaban J connectivity index is 1.82. The van der Waals surface area contributed by atoms with Crippen LogP contribution in [0.15, 0.2) is 96.7 Å². The van der Waals surface area contributed by atoms with Crippen LogP contribution in [-0.2, 0) is 4.79 Å². The van der Waals surface area contributed by atoms with E-state index in [0.29, 0.717) is 16.5 Å². The number of anilines is 1. The van der Waals surface area contributed by atoms with E-state index < -0.39 is 11.8 Å². The molecule has 3 aromatic carbocycles. The van der Waals surface area contributed by atoms with Crippen molar-refractivity contribution in [2.75, 3.05) is 12.4 Å². The summed E-state index contributed by atoms with van der Waals surface area (Å²) in [6, 6.07) is 23.2. The second kappa shape index (κ2) is 10.8. The molecule has 0 atom stereocenters. The standard InChI is InChI=1S/C25H21ClN2O3/c1-31-20-16-14-19(15-17-20)27-25(30)23(13-7-10-18-8-3-2-4-9-18)28-24(29)21-11-5-6-12-22(21)26/h2-17H,1H3,(H,27,30)(H,28,29)/b10-7+,23-13+. The van der Waals surface area contributed by atoms with Gasteiger partial charge in [-0.1, -0.05) is 66.2 Å². The minimum atomic E-state index is -0.477. The number of benzene rings is 3. The number of amides is 2. The van der Waals surface area contributed by atoms with Crippen molar-refractivity contribution in [3.8, 4) is 5.75 Å². The molecule has 0 aromatic heterocycles. The first-order chi connectivity index (χ1) is 15.1. The lowest BCUT2D eigenvalue weighted by atomic mass is 10.2. The van der Waals surface area contributed by atoms with Crippen molar-refractivity contribution in [3.05, 3.63) is 113 Å². The molecule has 5 nitrogen and oxygen atoms in total. The zero-order valence-corrected chi connectivity index (χ0v) is 17.6. The highest BCUT2D eigenvalue weighted by Crippen LogP contribution is 2.17. The van der Waals surface area contributed by atoms with Gasteiger partial charge in [0.2, 0.25) is 0 Å². The largest absolute Gasteiger partial charge is 0.497 e. The Morgan fingerprint density at radius 3 is 2.26 bits per heavy atom. The zero-order chi connectivity index (χ0) is 22.1. The summed E-state index contributed by atoms with van der Waals surface area (Å²) in [6.07, 6.45) is 5.08. The number of methoxy groups -OCH3 is 1. The van der Waals surface area contributed by atoms with Crippen molar-refractivity contribution in [1.82, 2.24) is 5.32 Å². The van der Waals surface area contributed by atoms with Crippen LogP contribution in [0.2, 0.25) is 5.02 Å². The number of halogens is 1. The van der Waals surface area contributed by atoms with Gasteiger partial charge >= 0.3 is 0 Å². The number of ether oxygens (including phenoxy) is 1. The normalized spacial score (nSPS) is 11.2. The number of allylic oxidation sites excluding steroid dienone is 2. The number of hydrogen-bond donors (Lipinski definition) is 2. The summed E-state index contributed by atoms with van der Waals surface area (Å²) in [7, 11) is 1.57. The second-order valence-electron chi connectivity index (χ2n) is 6.47. The fraction of sp³-hybridized carbons (Fsp3) is 0.0400. The predicted octanol–water partition coefficient (Wildman–Crippen LogP) is 5.31. The molecule has 0 aliphatic rings. The monoisotopic (exact) mass is 432 g/mol. The Hall–Kier alpha value is -3.83. The maximum Gasteiger partial charge on any atom is 0.272 e. The summed E-state index contributed by atoms with van der Waals surface area (Å²) >= 11 is 6.12. The molecule has 6 heteroatoms. The van der Waals surface area contributed by atoms with Gasteiger partial charge in [0.15, 0.2) is 0 Å². The van der Waals surface area contributed by atoms with Gasteiger partial charge in [0.25, 0.3) is 11.8 Å². The first kappa shape index (κ1) is 21.9. The van der Waals surface area contributed by atoms with E-state index in [0.717, 1.165) is 5.56 Å². The number of carbonyl (C=O) groups excluding carboxylic acids is 2. The van der Waals surface area contributed by atoms with E-state index in [1.165, 1.54) is 0 Å². The molecule has 0 radical (unpaired) electrons. The Morgan fingerprint density at radius 1 is 0.903 bits per heavy atom. The zero-order valence-electron chi connectivity index (χ0n) is 16.8. The highest BCUT2D eigenvalue weighted by Gasteiger charge is 2.16. The van der Waals surface area contributed by atoms with Crippen molar-refractivity contribution in [1.29, 1.82) is 0 Å². The molecular weight excluding hydrogens is 412 g/mol. The highest BCUT2D eigenvalue weighted by molar-refractivity contribution is 6.34. The SMILES string of the molecule is COc1ccc(NC(=O)/C(=C\C=C\c2ccccc2)NC(=O)c2ccccc2Cl)cc1. The Kier molecular flexibility index (Phi) is 7.62. The van der Waals surface area contributed by atoms with Gasteiger partial charge in [-0.25, -0.2) is 0 Å². The smallest absolute Gasteiger partial charge is 0.272 e. The lowest BCUT2D eigenvalue weighted by Crippen LogP contribution is -2.31. The van der Waals surface area contributed by atoms with E-state index >= 15 is 0 Å². The summed E-state index contributed by atoms with van der Waals surface area (Å²) in [5, 5.41) is 5.72. The average molecular weight is 433 g/mol. The predicted molar refractivity (Wildman–Crippen MR) is 124 cm³/mol. The topological polar surface area (TPSA) is 67.4 Å². The van der Waals surface area contributed by atoms with Gasteiger partial charge in [0.05, 0.1) is 17.7 Å². The van der Waals surface area contributed by atoms with Crippen LogP contribution < -0.4 is 15.4 Å². The molecule has 31 heavy (non-hydrogen) atoms. The summed E-state index contributed by atoms with van der Waals surface area (Å²) in [5.41, 5.74) is 1.88. The molecule has 3 aromatic rings. The molecule has 0 aliphatic carbocycles. The molecule has 0 heterocycles. The van der Waals surface area contributed by atoms with Crippen molar-refractivity contribution < 1.29 is 14.3 Å². The van der Waals surface area contributed by atoms with Gasteiger partial charge in [-0.05, 0) is 48.0 Å². The van der Waals surface area contributed by atoms with Crippen molar-refractivity contribution in [2.45, 2.75) is 0 Å². The van der Waals surface area contributed by atoms with E-state index in [-0.39, 0.29) is 11.3 Å². The molecular formula is C25H21ClN2O3. The lowest BCUT2D eigenvalue weighted by molar-refractivity contribution is -0.113. The van der Waals surface area contributed by atoms with Gasteiger partial charge in [-0.15, -0.1) is 0 Å². The Morgan fingerprint density at radius 2 is 1.58 bits per heavy atom. The maximum absolute atomic E-state index is 12.9. The number of rotatable bonds is 7. The van der Waals surface area contributed by atoms with Crippen LogP contribution in [-0.4, -0.2) is 18.9 Å². The molecule has 0 saturated heterocycles. The fourth-order valence-electron chi connectivity index (χ4n) is 2.70. The van der Waals surface area contributed by atoms with Crippen LogP contribution >= 0.6 is 11.6 Å². The summed E-state index contributed by atoms with van der Waals surface area (Å²) < 4.78 is 5.13. The third-order valence-electron chi connectivity index (χ3n) is 4.31. The molecule has 2 N–H and O–H groups in total. The molecule has 0 bridgehead atoms. The third-order valence-corrected chi connectivity index (χ3v) is 4.64. The first-order valence-electron chi connectivity index (χ1n) is 9.51. The lowest BCUT2D eigenvalue weighted by Gasteiger charge is -2.11. The Bertz CT molecular complexity index is 1110. The molecule has 0 fully saturated rings. The third kappa shape index (κ3) is 6.32. The van der Waals surface area contributed by atoms with Crippen LogP contribution in [0.3, 0.4) is 0 Å². The molecule has 0 unspecified atom stereocenters. The molecule has 0 aliphatic heterocycles. The van der Waals surface area contributed by atoms with Gasteiger partial charge in [0.1, 0.15) is 11.4 Å². The van der Waals surface area contributed by atoms with E-state index in [2.05, 4.69) is 10.6 Å². The quantitative estimate of drug-likeness (QED) is 0.392. The van der Waals surface area contributed by atoms with E-state index in [1.54, 1.807) is 67.8 Å². The van der Waals surface area contributed by atoms with Gasteiger partial charge in [-0.2, -0.15) is 0 Å². The molecule has 0 spiro atoms. The first-order valence-corrected chi connectivity index (χ1v) is 9.89. The average Bonchev–Trinajstić information content (AvgIpc) is 2.79.